The zero-order chi connectivity index (χ0) is 15.6. The predicted molar refractivity (Wildman–Crippen MR) is 81.3 cm³/mol. The largest absolute Gasteiger partial charge is 0.506 e. The van der Waals surface area contributed by atoms with Crippen LogP contribution in [0, 0.1) is 10.1 Å². The molecule has 0 heterocycles. The quantitative estimate of drug-likeness (QED) is 0.340. The minimum Gasteiger partial charge on any atom is -0.506 e. The van der Waals surface area contributed by atoms with Gasteiger partial charge in [0, 0.05) is 22.3 Å². The fourth-order valence-corrected chi connectivity index (χ4v) is 2.01. The van der Waals surface area contributed by atoms with Crippen molar-refractivity contribution >= 4 is 38.9 Å². The van der Waals surface area contributed by atoms with Gasteiger partial charge in [-0.15, -0.1) is 0 Å². The maximum absolute atomic E-state index is 12.1. The van der Waals surface area contributed by atoms with Crippen molar-refractivity contribution in [2.75, 3.05) is 11.1 Å². The number of rotatable bonds is 3. The van der Waals surface area contributed by atoms with E-state index in [1.54, 1.807) is 12.1 Å². The van der Waals surface area contributed by atoms with Crippen LogP contribution in [0.2, 0.25) is 0 Å². The van der Waals surface area contributed by atoms with Crippen LogP contribution in [0.3, 0.4) is 0 Å². The van der Waals surface area contributed by atoms with Gasteiger partial charge in [0.25, 0.3) is 11.6 Å². The summed E-state index contributed by atoms with van der Waals surface area (Å²) in [6.45, 7) is 0. The second-order valence-corrected chi connectivity index (χ2v) is 5.06. The minimum atomic E-state index is -0.622. The van der Waals surface area contributed by atoms with E-state index >= 15 is 0 Å². The minimum absolute atomic E-state index is 0.0615. The first-order valence-corrected chi connectivity index (χ1v) is 6.51. The summed E-state index contributed by atoms with van der Waals surface area (Å²) in [5.74, 6) is -0.855. The van der Waals surface area contributed by atoms with Crippen molar-refractivity contribution in [1.29, 1.82) is 0 Å². The molecule has 0 spiro atoms. The molecule has 108 valence electrons. The van der Waals surface area contributed by atoms with E-state index in [1.165, 1.54) is 6.07 Å². The van der Waals surface area contributed by atoms with Crippen LogP contribution in [-0.4, -0.2) is 15.9 Å². The molecule has 8 heteroatoms. The number of nitrogen functional groups attached to an aromatic ring is 1. The number of carbonyl (C=O) groups is 1. The molecule has 1 amide bonds. The molecule has 0 bridgehead atoms. The van der Waals surface area contributed by atoms with Gasteiger partial charge >= 0.3 is 0 Å². The molecule has 0 aliphatic heterocycles. The highest BCUT2D eigenvalue weighted by atomic mass is 79.9. The van der Waals surface area contributed by atoms with Crippen LogP contribution in [0.5, 0.6) is 5.75 Å². The Hall–Kier alpha value is -2.61. The van der Waals surface area contributed by atoms with Crippen LogP contribution in [0.1, 0.15) is 10.4 Å². The molecule has 0 aliphatic carbocycles. The summed E-state index contributed by atoms with van der Waals surface area (Å²) >= 11 is 3.22. The standard InChI is InChI=1S/C13H10BrN3O4/c14-7-1-3-10(15)9(5-7)13(19)16-11-6-8(17(20)21)2-4-12(11)18/h1-6,18H,15H2,(H,16,19). The number of halogens is 1. The Bertz CT molecular complexity index is 733. The van der Waals surface area contributed by atoms with Gasteiger partial charge in [0.15, 0.2) is 0 Å². The molecule has 0 radical (unpaired) electrons. The number of amides is 1. The summed E-state index contributed by atoms with van der Waals surface area (Å²) in [5.41, 5.74) is 5.84. The number of nitrogens with two attached hydrogens (primary N) is 1. The Balaban J connectivity index is 2.33. The van der Waals surface area contributed by atoms with Crippen LogP contribution < -0.4 is 11.1 Å². The highest BCUT2D eigenvalue weighted by molar-refractivity contribution is 9.10. The fourth-order valence-electron chi connectivity index (χ4n) is 1.65. The number of hydrogen-bond donors (Lipinski definition) is 3. The number of benzene rings is 2. The Morgan fingerprint density at radius 1 is 1.29 bits per heavy atom. The monoisotopic (exact) mass is 351 g/mol. The van der Waals surface area contributed by atoms with E-state index in [2.05, 4.69) is 21.2 Å². The smallest absolute Gasteiger partial charge is 0.271 e. The molecule has 21 heavy (non-hydrogen) atoms. The average Bonchev–Trinajstić information content (AvgIpc) is 2.43. The van der Waals surface area contributed by atoms with E-state index in [0.29, 0.717) is 4.47 Å². The van der Waals surface area contributed by atoms with Gasteiger partial charge < -0.3 is 16.2 Å². The van der Waals surface area contributed by atoms with Crippen LogP contribution in [-0.2, 0) is 0 Å². The molecule has 7 nitrogen and oxygen atoms in total. The first-order valence-electron chi connectivity index (χ1n) is 5.72. The van der Waals surface area contributed by atoms with Gasteiger partial charge in [0.05, 0.1) is 16.2 Å². The third kappa shape index (κ3) is 3.29. The van der Waals surface area contributed by atoms with Crippen molar-refractivity contribution in [2.24, 2.45) is 0 Å². The van der Waals surface area contributed by atoms with Crippen LogP contribution in [0.25, 0.3) is 0 Å². The van der Waals surface area contributed by atoms with Crippen molar-refractivity contribution in [2.45, 2.75) is 0 Å². The van der Waals surface area contributed by atoms with Crippen molar-refractivity contribution in [3.63, 3.8) is 0 Å². The zero-order valence-electron chi connectivity index (χ0n) is 10.5. The van der Waals surface area contributed by atoms with Crippen molar-refractivity contribution in [1.82, 2.24) is 0 Å². The Morgan fingerprint density at radius 3 is 2.67 bits per heavy atom. The van der Waals surface area contributed by atoms with Gasteiger partial charge in [0.1, 0.15) is 5.75 Å². The van der Waals surface area contributed by atoms with Gasteiger partial charge in [-0.1, -0.05) is 15.9 Å². The van der Waals surface area contributed by atoms with E-state index in [9.17, 15) is 20.0 Å². The van der Waals surface area contributed by atoms with Gasteiger partial charge in [0.2, 0.25) is 0 Å². The van der Waals surface area contributed by atoms with E-state index in [1.807, 2.05) is 0 Å². The molecule has 2 rings (SSSR count). The number of nitrogens with zero attached hydrogens (tertiary/aromatic N) is 1. The molecule has 0 aliphatic rings. The van der Waals surface area contributed by atoms with Crippen LogP contribution in [0.4, 0.5) is 17.1 Å². The number of nitrogens with one attached hydrogen (secondary N) is 1. The molecule has 0 atom stereocenters. The highest BCUT2D eigenvalue weighted by Gasteiger charge is 2.15. The first kappa shape index (κ1) is 14.8. The number of hydrogen-bond acceptors (Lipinski definition) is 5. The number of nitro groups is 1. The molecule has 0 aromatic heterocycles. The van der Waals surface area contributed by atoms with Crippen molar-refractivity contribution in [3.05, 3.63) is 56.5 Å². The number of phenols is 1. The SMILES string of the molecule is Nc1ccc(Br)cc1C(=O)Nc1cc([N+](=O)[O-])ccc1O. The molecule has 2 aromatic carbocycles. The van der Waals surface area contributed by atoms with Crippen LogP contribution >= 0.6 is 15.9 Å². The van der Waals surface area contributed by atoms with Gasteiger partial charge in [-0.05, 0) is 24.3 Å². The lowest BCUT2D eigenvalue weighted by Gasteiger charge is -2.09. The van der Waals surface area contributed by atoms with E-state index < -0.39 is 10.8 Å². The fraction of sp³-hybridized carbons (Fsp3) is 0. The molecule has 2 aromatic rings. The maximum Gasteiger partial charge on any atom is 0.271 e. The maximum atomic E-state index is 12.1. The Morgan fingerprint density at radius 2 is 2.00 bits per heavy atom. The first-order chi connectivity index (χ1) is 9.88. The van der Waals surface area contributed by atoms with E-state index in [0.717, 1.165) is 18.2 Å². The Labute approximate surface area is 127 Å². The second-order valence-electron chi connectivity index (χ2n) is 4.14. The number of aromatic hydroxyl groups is 1. The van der Waals surface area contributed by atoms with Crippen molar-refractivity contribution < 1.29 is 14.8 Å². The number of phenolic OH excluding ortho intramolecular Hbond substituents is 1. The average molecular weight is 352 g/mol. The molecule has 0 saturated carbocycles. The lowest BCUT2D eigenvalue weighted by Crippen LogP contribution is -2.14. The molecule has 0 fully saturated rings. The second kappa shape index (κ2) is 5.80. The summed E-state index contributed by atoms with van der Waals surface area (Å²) in [4.78, 5) is 22.2. The van der Waals surface area contributed by atoms with Gasteiger partial charge in [-0.25, -0.2) is 0 Å². The predicted octanol–water partition coefficient (Wildman–Crippen LogP) is 2.90. The third-order valence-corrected chi connectivity index (χ3v) is 3.19. The van der Waals surface area contributed by atoms with Gasteiger partial charge in [-0.2, -0.15) is 0 Å². The Kier molecular flexibility index (Phi) is 4.08. The summed E-state index contributed by atoms with van der Waals surface area (Å²) < 4.78 is 0.658. The molecular weight excluding hydrogens is 342 g/mol. The number of non-ortho nitro benzene ring substituents is 1. The topological polar surface area (TPSA) is 118 Å². The molecule has 0 unspecified atom stereocenters. The summed E-state index contributed by atoms with van der Waals surface area (Å²) in [7, 11) is 0. The number of nitro benzene ring substituents is 1. The zero-order valence-corrected chi connectivity index (χ0v) is 12.1. The van der Waals surface area contributed by atoms with Crippen molar-refractivity contribution in [3.8, 4) is 5.75 Å². The van der Waals surface area contributed by atoms with Gasteiger partial charge in [-0.3, -0.25) is 14.9 Å². The molecule has 0 saturated heterocycles. The molecule has 4 N–H and O–H groups in total. The summed E-state index contributed by atoms with van der Waals surface area (Å²) in [5, 5.41) is 22.8. The van der Waals surface area contributed by atoms with E-state index in [-0.39, 0.29) is 28.4 Å². The highest BCUT2D eigenvalue weighted by Crippen LogP contribution is 2.29. The summed E-state index contributed by atoms with van der Waals surface area (Å²) in [6, 6.07) is 8.08. The van der Waals surface area contributed by atoms with Crippen LogP contribution in [0.15, 0.2) is 40.9 Å². The lowest BCUT2D eigenvalue weighted by molar-refractivity contribution is -0.384. The molecular formula is C13H10BrN3O4. The number of anilines is 2. The normalized spacial score (nSPS) is 10.1. The summed E-state index contributed by atoms with van der Waals surface area (Å²) in [6.07, 6.45) is 0. The third-order valence-electron chi connectivity index (χ3n) is 2.70. The van der Waals surface area contributed by atoms with E-state index in [4.69, 9.17) is 5.73 Å². The number of carbonyl (C=O) groups excluding carboxylic acids is 1. The lowest BCUT2D eigenvalue weighted by atomic mass is 10.1.